The van der Waals surface area contributed by atoms with Crippen molar-refractivity contribution < 1.29 is 19.6 Å². The van der Waals surface area contributed by atoms with Gasteiger partial charge in [-0.15, -0.1) is 0 Å². The van der Waals surface area contributed by atoms with Gasteiger partial charge in [0.2, 0.25) is 5.91 Å². The molecule has 22 heavy (non-hydrogen) atoms. The number of carboxylic acids is 1. The lowest BCUT2D eigenvalue weighted by Gasteiger charge is -2.25. The zero-order valence-corrected chi connectivity index (χ0v) is 13.0. The van der Waals surface area contributed by atoms with Gasteiger partial charge in [0.25, 0.3) is 0 Å². The Labute approximate surface area is 127 Å². The van der Waals surface area contributed by atoms with E-state index in [2.05, 4.69) is 10.4 Å². The lowest BCUT2D eigenvalue weighted by molar-refractivity contribution is -0.385. The first kappa shape index (κ1) is 17.6. The second-order valence-corrected chi connectivity index (χ2v) is 6.15. The van der Waals surface area contributed by atoms with Gasteiger partial charge in [0.15, 0.2) is 0 Å². The van der Waals surface area contributed by atoms with E-state index < -0.39 is 27.8 Å². The summed E-state index contributed by atoms with van der Waals surface area (Å²) in [5.74, 6) is -1.34. The Bertz CT molecular complexity index is 591. The van der Waals surface area contributed by atoms with Gasteiger partial charge in [-0.2, -0.15) is 5.10 Å². The normalized spacial score (nSPS) is 12.0. The van der Waals surface area contributed by atoms with Gasteiger partial charge in [-0.1, -0.05) is 0 Å². The van der Waals surface area contributed by atoms with E-state index in [0.29, 0.717) is 0 Å². The third-order valence-corrected chi connectivity index (χ3v) is 3.52. The van der Waals surface area contributed by atoms with Gasteiger partial charge in [0, 0.05) is 6.54 Å². The lowest BCUT2D eigenvalue weighted by atomic mass is 9.89. The molecule has 0 unspecified atom stereocenters. The Kier molecular flexibility index (Phi) is 4.90. The minimum Gasteiger partial charge on any atom is -0.481 e. The molecule has 1 aromatic heterocycles. The third-order valence-electron chi connectivity index (χ3n) is 3.52. The molecule has 1 heterocycles. The molecule has 0 bridgehead atoms. The lowest BCUT2D eigenvalue weighted by Crippen LogP contribution is -2.45. The van der Waals surface area contributed by atoms with Crippen molar-refractivity contribution in [2.24, 2.45) is 5.41 Å². The van der Waals surface area contributed by atoms with Crippen LogP contribution in [0.15, 0.2) is 12.4 Å². The van der Waals surface area contributed by atoms with E-state index in [4.69, 9.17) is 5.11 Å². The number of carboxylic acid groups (broad SMARTS) is 1. The smallest absolute Gasteiger partial charge is 0.309 e. The molecule has 0 aliphatic heterocycles. The fourth-order valence-electron chi connectivity index (χ4n) is 1.63. The second-order valence-electron chi connectivity index (χ2n) is 6.15. The minimum absolute atomic E-state index is 0.185. The van der Waals surface area contributed by atoms with Crippen LogP contribution < -0.4 is 5.32 Å². The van der Waals surface area contributed by atoms with Gasteiger partial charge in [0.05, 0.1) is 10.3 Å². The minimum atomic E-state index is -1.12. The van der Waals surface area contributed by atoms with Crippen LogP contribution in [0.25, 0.3) is 0 Å². The number of aliphatic carboxylic acids is 1. The Balaban J connectivity index is 2.70. The molecule has 2 N–H and O–H groups in total. The van der Waals surface area contributed by atoms with Crippen molar-refractivity contribution in [3.8, 4) is 0 Å². The number of rotatable bonds is 7. The molecule has 0 atom stereocenters. The molecule has 0 aliphatic rings. The van der Waals surface area contributed by atoms with Crippen molar-refractivity contribution in [3.05, 3.63) is 22.5 Å². The average Bonchev–Trinajstić information content (AvgIpc) is 2.88. The van der Waals surface area contributed by atoms with E-state index in [9.17, 15) is 19.7 Å². The van der Waals surface area contributed by atoms with Crippen molar-refractivity contribution in [1.29, 1.82) is 0 Å². The molecule has 0 spiro atoms. The van der Waals surface area contributed by atoms with Crippen molar-refractivity contribution in [2.75, 3.05) is 6.54 Å². The molecule has 0 saturated heterocycles. The zero-order valence-electron chi connectivity index (χ0n) is 13.0. The van der Waals surface area contributed by atoms with Crippen LogP contribution in [0.1, 0.15) is 34.1 Å². The molecule has 1 rings (SSSR count). The maximum Gasteiger partial charge on any atom is 0.309 e. The first-order valence-corrected chi connectivity index (χ1v) is 6.70. The molecule has 0 fully saturated rings. The monoisotopic (exact) mass is 312 g/mol. The zero-order chi connectivity index (χ0) is 17.1. The summed E-state index contributed by atoms with van der Waals surface area (Å²) in [6, 6.07) is 0. The predicted octanol–water partition coefficient (Wildman–Crippen LogP) is 1.14. The molecule has 0 aliphatic carbocycles. The molecule has 0 aromatic carbocycles. The number of hydrogen-bond donors (Lipinski definition) is 2. The summed E-state index contributed by atoms with van der Waals surface area (Å²) < 4.78 is 1.21. The number of nitro groups is 1. The molecule has 9 nitrogen and oxygen atoms in total. The highest BCUT2D eigenvalue weighted by Crippen LogP contribution is 2.21. The van der Waals surface area contributed by atoms with Crippen LogP contribution in [0.2, 0.25) is 0 Å². The first-order chi connectivity index (χ1) is 9.98. The van der Waals surface area contributed by atoms with E-state index in [1.54, 1.807) is 27.7 Å². The molecule has 0 radical (unpaired) electrons. The fourth-order valence-corrected chi connectivity index (χ4v) is 1.63. The number of aromatic nitrogens is 2. The number of nitrogens with zero attached hydrogens (tertiary/aromatic N) is 3. The highest BCUT2D eigenvalue weighted by atomic mass is 16.6. The SMILES string of the molecule is CC(C)(CCNC(=O)C(C)(C)n1cc([N+](=O)[O-])cn1)C(=O)O. The molecule has 122 valence electrons. The van der Waals surface area contributed by atoms with Crippen molar-refractivity contribution in [1.82, 2.24) is 15.1 Å². The molecule has 9 heteroatoms. The maximum absolute atomic E-state index is 12.2. The Morgan fingerprint density at radius 1 is 1.41 bits per heavy atom. The molecule has 1 aromatic rings. The summed E-state index contributed by atoms with van der Waals surface area (Å²) in [6.45, 7) is 6.47. The van der Waals surface area contributed by atoms with E-state index >= 15 is 0 Å². The second kappa shape index (κ2) is 6.12. The summed E-state index contributed by atoms with van der Waals surface area (Å²) in [4.78, 5) is 33.3. The quantitative estimate of drug-likeness (QED) is 0.574. The molecule has 1 amide bonds. The summed E-state index contributed by atoms with van der Waals surface area (Å²) in [5, 5.41) is 26.1. The predicted molar refractivity (Wildman–Crippen MR) is 77.2 cm³/mol. The van der Waals surface area contributed by atoms with E-state index in [0.717, 1.165) is 6.20 Å². The van der Waals surface area contributed by atoms with Crippen molar-refractivity contribution in [2.45, 2.75) is 39.7 Å². The van der Waals surface area contributed by atoms with Gasteiger partial charge in [-0.25, -0.2) is 0 Å². The number of carbonyl (C=O) groups excluding carboxylic acids is 1. The third kappa shape index (κ3) is 3.80. The van der Waals surface area contributed by atoms with Crippen LogP contribution in [0, 0.1) is 15.5 Å². The highest BCUT2D eigenvalue weighted by molar-refractivity contribution is 5.83. The Morgan fingerprint density at radius 2 is 2.00 bits per heavy atom. The number of carbonyl (C=O) groups is 2. The van der Waals surface area contributed by atoms with Crippen LogP contribution in [-0.2, 0) is 15.1 Å². The van der Waals surface area contributed by atoms with Crippen LogP contribution >= 0.6 is 0 Å². The summed E-state index contributed by atoms with van der Waals surface area (Å²) in [7, 11) is 0. The van der Waals surface area contributed by atoms with Crippen LogP contribution in [-0.4, -0.2) is 38.2 Å². The highest BCUT2D eigenvalue weighted by Gasteiger charge is 2.33. The van der Waals surface area contributed by atoms with Crippen LogP contribution in [0.5, 0.6) is 0 Å². The van der Waals surface area contributed by atoms with Crippen molar-refractivity contribution in [3.63, 3.8) is 0 Å². The van der Waals surface area contributed by atoms with Crippen LogP contribution in [0.4, 0.5) is 5.69 Å². The first-order valence-electron chi connectivity index (χ1n) is 6.70. The largest absolute Gasteiger partial charge is 0.481 e. The number of nitrogens with one attached hydrogen (secondary N) is 1. The summed E-state index contributed by atoms with van der Waals surface area (Å²) in [5.41, 5.74) is -2.27. The maximum atomic E-state index is 12.2. The molecule has 0 saturated carbocycles. The van der Waals surface area contributed by atoms with Gasteiger partial charge in [-0.05, 0) is 34.1 Å². The Hall–Kier alpha value is -2.45. The number of amides is 1. The van der Waals surface area contributed by atoms with Crippen LogP contribution in [0.3, 0.4) is 0 Å². The average molecular weight is 312 g/mol. The standard InChI is InChI=1S/C13H20N4O5/c1-12(2,11(19)20)5-6-14-10(18)13(3,4)16-8-9(7-15-16)17(21)22/h7-8H,5-6H2,1-4H3,(H,14,18)(H,19,20). The van der Waals surface area contributed by atoms with Gasteiger partial charge in [0.1, 0.15) is 17.9 Å². The molecular formula is C13H20N4O5. The summed E-state index contributed by atoms with van der Waals surface area (Å²) >= 11 is 0. The van der Waals surface area contributed by atoms with Gasteiger partial charge < -0.3 is 10.4 Å². The molecular weight excluding hydrogens is 292 g/mol. The fraction of sp³-hybridized carbons (Fsp3) is 0.615. The van der Waals surface area contributed by atoms with Gasteiger partial charge >= 0.3 is 11.7 Å². The van der Waals surface area contributed by atoms with E-state index in [1.165, 1.54) is 10.9 Å². The number of hydrogen-bond acceptors (Lipinski definition) is 5. The van der Waals surface area contributed by atoms with Crippen molar-refractivity contribution >= 4 is 17.6 Å². The van der Waals surface area contributed by atoms with E-state index in [1.807, 2.05) is 0 Å². The van der Waals surface area contributed by atoms with E-state index in [-0.39, 0.29) is 18.7 Å². The topological polar surface area (TPSA) is 127 Å². The van der Waals surface area contributed by atoms with Gasteiger partial charge in [-0.3, -0.25) is 24.4 Å². The Morgan fingerprint density at radius 3 is 2.45 bits per heavy atom. The summed E-state index contributed by atoms with van der Waals surface area (Å²) in [6.07, 6.45) is 2.52.